The summed E-state index contributed by atoms with van der Waals surface area (Å²) in [6.07, 6.45) is -3.02. The first-order chi connectivity index (χ1) is 14.3. The maximum absolute atomic E-state index is 13.3. The van der Waals surface area contributed by atoms with E-state index in [1.54, 1.807) is 60.8 Å². The maximum atomic E-state index is 13.3. The third-order valence-corrected chi connectivity index (χ3v) is 5.15. The molecule has 0 spiro atoms. The highest BCUT2D eigenvalue weighted by Gasteiger charge is 2.35. The molecule has 0 aliphatic carbocycles. The quantitative estimate of drug-likeness (QED) is 0.313. The summed E-state index contributed by atoms with van der Waals surface area (Å²) >= 11 is 1.18. The zero-order chi connectivity index (χ0) is 21.3. The van der Waals surface area contributed by atoms with E-state index in [1.165, 1.54) is 22.9 Å². The van der Waals surface area contributed by atoms with Crippen molar-refractivity contribution in [3.63, 3.8) is 0 Å². The van der Waals surface area contributed by atoms with Crippen molar-refractivity contribution in [3.8, 4) is 32.6 Å². The van der Waals surface area contributed by atoms with Gasteiger partial charge in [0.2, 0.25) is 5.13 Å². The fraction of sp³-hybridized carbons (Fsp3) is 0.0952. The number of rotatable bonds is 4. The molecule has 2 aromatic heterocycles. The Morgan fingerprint density at radius 1 is 1.03 bits per heavy atom. The third kappa shape index (κ3) is 4.11. The van der Waals surface area contributed by atoms with Crippen LogP contribution in [0.25, 0.3) is 26.8 Å². The second-order valence-corrected chi connectivity index (χ2v) is 7.33. The number of alkyl halides is 3. The third-order valence-electron chi connectivity index (χ3n) is 4.12. The van der Waals surface area contributed by atoms with Gasteiger partial charge in [0, 0.05) is 18.7 Å². The highest BCUT2D eigenvalue weighted by Crippen LogP contribution is 2.36. The average molecular weight is 429 g/mol. The molecular weight excluding hydrogens is 415 g/mol. The first-order valence-electron chi connectivity index (χ1n) is 8.79. The number of benzene rings is 2. The van der Waals surface area contributed by atoms with Gasteiger partial charge in [0.25, 0.3) is 0 Å². The highest BCUT2D eigenvalue weighted by molar-refractivity contribution is 7.17. The normalized spacial score (nSPS) is 11.5. The van der Waals surface area contributed by atoms with E-state index in [9.17, 15) is 18.0 Å². The van der Waals surface area contributed by atoms with Crippen LogP contribution in [-0.4, -0.2) is 20.7 Å². The van der Waals surface area contributed by atoms with Gasteiger partial charge in [-0.05, 0) is 23.8 Å². The molecule has 0 bridgehead atoms. The molecule has 5 nitrogen and oxygen atoms in total. The standard InChI is InChI=1S/C21H14F3N3O2S/c1-13(28)29-16-9-5-8-15(10-16)18-12-25-20(30-18)27-17(14-6-3-2-4-7-14)11-19(26-27)21(22,23)24/h2-12H,1H3. The highest BCUT2D eigenvalue weighted by atomic mass is 32.1. The molecule has 0 amide bonds. The first kappa shape index (κ1) is 19.8. The molecule has 0 N–H and O–H groups in total. The van der Waals surface area contributed by atoms with Crippen LogP contribution in [0.4, 0.5) is 13.2 Å². The van der Waals surface area contributed by atoms with Crippen molar-refractivity contribution in [3.05, 3.63) is 72.6 Å². The van der Waals surface area contributed by atoms with Gasteiger partial charge < -0.3 is 4.74 Å². The van der Waals surface area contributed by atoms with Crippen LogP contribution in [0.5, 0.6) is 5.75 Å². The Kier molecular flexibility index (Phi) is 5.13. The minimum absolute atomic E-state index is 0.289. The molecule has 0 atom stereocenters. The lowest BCUT2D eigenvalue weighted by atomic mass is 10.1. The molecule has 0 radical (unpaired) electrons. The lowest BCUT2D eigenvalue weighted by Crippen LogP contribution is -2.07. The van der Waals surface area contributed by atoms with E-state index in [-0.39, 0.29) is 10.8 Å². The fourth-order valence-electron chi connectivity index (χ4n) is 2.86. The van der Waals surface area contributed by atoms with E-state index >= 15 is 0 Å². The Morgan fingerprint density at radius 2 is 1.77 bits per heavy atom. The van der Waals surface area contributed by atoms with Crippen molar-refractivity contribution in [2.24, 2.45) is 0 Å². The van der Waals surface area contributed by atoms with E-state index in [4.69, 9.17) is 4.74 Å². The molecule has 0 unspecified atom stereocenters. The first-order valence-corrected chi connectivity index (χ1v) is 9.60. The Morgan fingerprint density at radius 3 is 2.47 bits per heavy atom. The van der Waals surface area contributed by atoms with Gasteiger partial charge in [-0.15, -0.1) is 0 Å². The Hall–Kier alpha value is -3.46. The molecule has 2 aromatic carbocycles. The van der Waals surface area contributed by atoms with Crippen molar-refractivity contribution < 1.29 is 22.7 Å². The van der Waals surface area contributed by atoms with Crippen LogP contribution >= 0.6 is 11.3 Å². The van der Waals surface area contributed by atoms with Crippen LogP contribution in [-0.2, 0) is 11.0 Å². The molecule has 0 saturated heterocycles. The van der Waals surface area contributed by atoms with E-state index < -0.39 is 17.8 Å². The Balaban J connectivity index is 1.76. The maximum Gasteiger partial charge on any atom is 0.435 e. The van der Waals surface area contributed by atoms with E-state index in [2.05, 4.69) is 10.1 Å². The van der Waals surface area contributed by atoms with Crippen molar-refractivity contribution in [1.82, 2.24) is 14.8 Å². The minimum atomic E-state index is -4.58. The molecule has 0 aliphatic rings. The summed E-state index contributed by atoms with van der Waals surface area (Å²) in [5.41, 5.74) is 0.614. The lowest BCUT2D eigenvalue weighted by molar-refractivity contribution is -0.141. The molecular formula is C21H14F3N3O2S. The summed E-state index contributed by atoms with van der Waals surface area (Å²) in [5.74, 6) is -0.0701. The molecule has 2 heterocycles. The predicted molar refractivity (Wildman–Crippen MR) is 106 cm³/mol. The largest absolute Gasteiger partial charge is 0.435 e. The topological polar surface area (TPSA) is 57.0 Å². The molecule has 0 saturated carbocycles. The number of hydrogen-bond donors (Lipinski definition) is 0. The molecule has 4 aromatic rings. The van der Waals surface area contributed by atoms with Crippen LogP contribution in [0.2, 0.25) is 0 Å². The number of ether oxygens (including phenoxy) is 1. The van der Waals surface area contributed by atoms with E-state index in [0.29, 0.717) is 16.2 Å². The number of esters is 1. The number of nitrogens with zero attached hydrogens (tertiary/aromatic N) is 3. The summed E-state index contributed by atoms with van der Waals surface area (Å²) < 4.78 is 46.2. The van der Waals surface area contributed by atoms with Crippen molar-refractivity contribution in [2.75, 3.05) is 0 Å². The van der Waals surface area contributed by atoms with Gasteiger partial charge in [-0.1, -0.05) is 53.8 Å². The molecule has 9 heteroatoms. The molecule has 30 heavy (non-hydrogen) atoms. The number of carbonyl (C=O) groups excluding carboxylic acids is 1. The summed E-state index contributed by atoms with van der Waals surface area (Å²) in [6, 6.07) is 16.5. The van der Waals surface area contributed by atoms with Gasteiger partial charge in [0.15, 0.2) is 5.69 Å². The van der Waals surface area contributed by atoms with Crippen LogP contribution in [0, 0.1) is 0 Å². The van der Waals surface area contributed by atoms with Crippen molar-refractivity contribution in [1.29, 1.82) is 0 Å². The minimum Gasteiger partial charge on any atom is -0.427 e. The Bertz CT molecular complexity index is 1200. The number of aromatic nitrogens is 3. The van der Waals surface area contributed by atoms with Crippen LogP contribution in [0.3, 0.4) is 0 Å². The SMILES string of the molecule is CC(=O)Oc1cccc(-c2cnc(-n3nc(C(F)(F)F)cc3-c3ccccc3)s2)c1. The predicted octanol–water partition coefficient (Wildman–Crippen LogP) is 5.61. The number of thiazole rings is 1. The van der Waals surface area contributed by atoms with Crippen molar-refractivity contribution >= 4 is 17.3 Å². The van der Waals surface area contributed by atoms with E-state index in [0.717, 1.165) is 11.6 Å². The van der Waals surface area contributed by atoms with Crippen LogP contribution < -0.4 is 4.74 Å². The number of halogens is 3. The molecule has 4 rings (SSSR count). The number of hydrogen-bond acceptors (Lipinski definition) is 5. The van der Waals surface area contributed by atoms with Crippen molar-refractivity contribution in [2.45, 2.75) is 13.1 Å². The molecule has 0 fully saturated rings. The summed E-state index contributed by atoms with van der Waals surface area (Å²) in [7, 11) is 0. The van der Waals surface area contributed by atoms with Crippen LogP contribution in [0.15, 0.2) is 66.9 Å². The van der Waals surface area contributed by atoms with Gasteiger partial charge in [-0.2, -0.15) is 18.3 Å². The lowest BCUT2D eigenvalue weighted by Gasteiger charge is -2.04. The monoisotopic (exact) mass is 429 g/mol. The van der Waals surface area contributed by atoms with Crippen LogP contribution in [0.1, 0.15) is 12.6 Å². The zero-order valence-electron chi connectivity index (χ0n) is 15.6. The van der Waals surface area contributed by atoms with Gasteiger partial charge in [-0.25, -0.2) is 9.67 Å². The van der Waals surface area contributed by atoms with E-state index in [1.807, 2.05) is 0 Å². The van der Waals surface area contributed by atoms with Gasteiger partial charge in [-0.3, -0.25) is 4.79 Å². The fourth-order valence-corrected chi connectivity index (χ4v) is 3.73. The van der Waals surface area contributed by atoms with Gasteiger partial charge in [0.05, 0.1) is 10.6 Å². The summed E-state index contributed by atoms with van der Waals surface area (Å²) in [5, 5.41) is 4.05. The molecule has 0 aliphatic heterocycles. The second-order valence-electron chi connectivity index (χ2n) is 6.32. The average Bonchev–Trinajstić information content (AvgIpc) is 3.35. The zero-order valence-corrected chi connectivity index (χ0v) is 16.4. The van der Waals surface area contributed by atoms with Gasteiger partial charge >= 0.3 is 12.1 Å². The number of carbonyl (C=O) groups is 1. The Labute approximate surface area is 173 Å². The smallest absolute Gasteiger partial charge is 0.427 e. The second kappa shape index (κ2) is 7.75. The van der Waals surface area contributed by atoms with Gasteiger partial charge in [0.1, 0.15) is 5.75 Å². The summed E-state index contributed by atoms with van der Waals surface area (Å²) in [4.78, 5) is 16.1. The summed E-state index contributed by atoms with van der Waals surface area (Å²) in [6.45, 7) is 1.30. The molecule has 152 valence electrons.